The highest BCUT2D eigenvalue weighted by molar-refractivity contribution is 6.01. The van der Waals surface area contributed by atoms with Crippen LogP contribution < -0.4 is 16.6 Å². The number of hydrogen-bond donors (Lipinski definition) is 3. The van der Waals surface area contributed by atoms with Gasteiger partial charge in [0.2, 0.25) is 11.9 Å². The predicted molar refractivity (Wildman–Crippen MR) is 111 cm³/mol. The molecule has 150 valence electrons. The van der Waals surface area contributed by atoms with Crippen molar-refractivity contribution in [1.29, 1.82) is 0 Å². The number of nitrogens with two attached hydrogens (primary N) is 1. The first-order valence-corrected chi connectivity index (χ1v) is 8.98. The Balaban J connectivity index is 1.75. The van der Waals surface area contributed by atoms with Gasteiger partial charge in [0.15, 0.2) is 11.5 Å². The van der Waals surface area contributed by atoms with Gasteiger partial charge >= 0.3 is 5.97 Å². The molecule has 0 atom stereocenters. The Bertz CT molecular complexity index is 1330. The van der Waals surface area contributed by atoms with Crippen molar-refractivity contribution in [2.45, 2.75) is 13.5 Å². The molecule has 4 N–H and O–H groups in total. The standard InChI is InChI=1S/C20H17N7O3/c1-11-6-2-5-9-14(11)22-20-24-15(23-19(21)25-20)10-27-17(28)13-8-4-3-7-12(13)16(26-27)18(29)30/h2-9H,10H2,1H3,(H,29,30)(H3,21,22,23,24,25). The smallest absolute Gasteiger partial charge is 0.357 e. The van der Waals surface area contributed by atoms with Gasteiger partial charge in [-0.25, -0.2) is 9.48 Å². The molecule has 2 aromatic carbocycles. The van der Waals surface area contributed by atoms with Crippen molar-refractivity contribution in [3.63, 3.8) is 0 Å². The van der Waals surface area contributed by atoms with Gasteiger partial charge < -0.3 is 16.2 Å². The highest BCUT2D eigenvalue weighted by Crippen LogP contribution is 2.18. The molecular formula is C20H17N7O3. The molecule has 0 fully saturated rings. The quantitative estimate of drug-likeness (QED) is 0.454. The maximum atomic E-state index is 12.8. The van der Waals surface area contributed by atoms with Crippen molar-refractivity contribution in [1.82, 2.24) is 24.7 Å². The number of carboxylic acid groups (broad SMARTS) is 1. The van der Waals surface area contributed by atoms with Gasteiger partial charge in [-0.3, -0.25) is 4.79 Å². The number of fused-ring (bicyclic) bond motifs is 1. The molecule has 0 spiro atoms. The summed E-state index contributed by atoms with van der Waals surface area (Å²) in [4.78, 5) is 36.9. The van der Waals surface area contributed by atoms with E-state index in [1.165, 1.54) is 0 Å². The molecule has 4 rings (SSSR count). The first kappa shape index (κ1) is 19.0. The first-order valence-electron chi connectivity index (χ1n) is 8.98. The van der Waals surface area contributed by atoms with Crippen molar-refractivity contribution < 1.29 is 9.90 Å². The van der Waals surface area contributed by atoms with Crippen molar-refractivity contribution in [3.05, 3.63) is 76.0 Å². The van der Waals surface area contributed by atoms with E-state index in [1.54, 1.807) is 24.3 Å². The van der Waals surface area contributed by atoms with Crippen molar-refractivity contribution in [2.24, 2.45) is 0 Å². The number of nitrogens with one attached hydrogen (secondary N) is 1. The van der Waals surface area contributed by atoms with E-state index >= 15 is 0 Å². The van der Waals surface area contributed by atoms with Gasteiger partial charge in [0.1, 0.15) is 6.54 Å². The number of para-hydroxylation sites is 1. The van der Waals surface area contributed by atoms with Crippen LogP contribution in [0.5, 0.6) is 0 Å². The maximum Gasteiger partial charge on any atom is 0.357 e. The summed E-state index contributed by atoms with van der Waals surface area (Å²) in [6.45, 7) is 1.76. The van der Waals surface area contributed by atoms with Crippen LogP contribution in [0.15, 0.2) is 53.3 Å². The summed E-state index contributed by atoms with van der Waals surface area (Å²) in [6.07, 6.45) is 0. The fraction of sp³-hybridized carbons (Fsp3) is 0.100. The average molecular weight is 403 g/mol. The van der Waals surface area contributed by atoms with Gasteiger partial charge in [-0.05, 0) is 24.6 Å². The van der Waals surface area contributed by atoms with Crippen LogP contribution in [0.4, 0.5) is 17.6 Å². The third kappa shape index (κ3) is 3.65. The van der Waals surface area contributed by atoms with E-state index in [2.05, 4.69) is 25.4 Å². The lowest BCUT2D eigenvalue weighted by molar-refractivity contribution is 0.0690. The molecular weight excluding hydrogens is 386 g/mol. The Labute approximate surface area is 170 Å². The number of benzene rings is 2. The minimum absolute atomic E-state index is 0.0385. The monoisotopic (exact) mass is 403 g/mol. The number of hydrogen-bond acceptors (Lipinski definition) is 8. The lowest BCUT2D eigenvalue weighted by Gasteiger charge is -2.11. The highest BCUT2D eigenvalue weighted by Gasteiger charge is 2.17. The van der Waals surface area contributed by atoms with Gasteiger partial charge in [-0.2, -0.15) is 20.1 Å². The number of nitrogens with zero attached hydrogens (tertiary/aromatic N) is 5. The van der Waals surface area contributed by atoms with E-state index in [0.29, 0.717) is 0 Å². The summed E-state index contributed by atoms with van der Waals surface area (Å²) < 4.78 is 1.01. The number of carboxylic acids is 1. The SMILES string of the molecule is Cc1ccccc1Nc1nc(N)nc(Cn2nc(C(=O)O)c3ccccc3c2=O)n1. The molecule has 0 amide bonds. The summed E-state index contributed by atoms with van der Waals surface area (Å²) in [5.41, 5.74) is 6.90. The fourth-order valence-electron chi connectivity index (χ4n) is 3.03. The van der Waals surface area contributed by atoms with Crippen LogP contribution in [0.1, 0.15) is 21.9 Å². The van der Waals surface area contributed by atoms with E-state index < -0.39 is 11.5 Å². The Kier molecular flexibility index (Phi) is 4.80. The molecule has 0 aliphatic rings. The molecule has 0 unspecified atom stereocenters. The number of nitrogen functional groups attached to an aromatic ring is 1. The molecule has 0 aliphatic carbocycles. The lowest BCUT2D eigenvalue weighted by Crippen LogP contribution is -2.27. The number of carbonyl (C=O) groups is 1. The average Bonchev–Trinajstić information content (AvgIpc) is 2.71. The Morgan fingerprint density at radius 3 is 2.50 bits per heavy atom. The maximum absolute atomic E-state index is 12.8. The second-order valence-corrected chi connectivity index (χ2v) is 6.54. The van der Waals surface area contributed by atoms with E-state index in [-0.39, 0.29) is 40.7 Å². The zero-order valence-corrected chi connectivity index (χ0v) is 15.9. The number of aromatic nitrogens is 5. The van der Waals surface area contributed by atoms with Gasteiger partial charge in [-0.15, -0.1) is 0 Å². The molecule has 0 radical (unpaired) electrons. The molecule has 2 aromatic heterocycles. The summed E-state index contributed by atoms with van der Waals surface area (Å²) in [5.74, 6) is -0.903. The van der Waals surface area contributed by atoms with Crippen LogP contribution in [0.25, 0.3) is 10.8 Å². The summed E-state index contributed by atoms with van der Waals surface area (Å²) in [7, 11) is 0. The Morgan fingerprint density at radius 1 is 1.07 bits per heavy atom. The first-order chi connectivity index (χ1) is 14.4. The third-order valence-corrected chi connectivity index (χ3v) is 4.45. The van der Waals surface area contributed by atoms with Gasteiger partial charge in [-0.1, -0.05) is 36.4 Å². The van der Waals surface area contributed by atoms with Crippen molar-refractivity contribution in [3.8, 4) is 0 Å². The molecule has 0 saturated heterocycles. The second kappa shape index (κ2) is 7.59. The summed E-state index contributed by atoms with van der Waals surface area (Å²) in [5, 5.41) is 17.1. The third-order valence-electron chi connectivity index (χ3n) is 4.45. The van der Waals surface area contributed by atoms with Gasteiger partial charge in [0.05, 0.1) is 5.39 Å². The molecule has 0 aliphatic heterocycles. The van der Waals surface area contributed by atoms with Crippen molar-refractivity contribution in [2.75, 3.05) is 11.1 Å². The van der Waals surface area contributed by atoms with Crippen LogP contribution in [0.3, 0.4) is 0 Å². The van der Waals surface area contributed by atoms with Gasteiger partial charge in [0.25, 0.3) is 5.56 Å². The predicted octanol–water partition coefficient (Wildman–Crippen LogP) is 1.96. The zero-order chi connectivity index (χ0) is 21.3. The Hall–Kier alpha value is -4.34. The zero-order valence-electron chi connectivity index (χ0n) is 15.9. The van der Waals surface area contributed by atoms with Crippen LogP contribution in [0, 0.1) is 6.92 Å². The van der Waals surface area contributed by atoms with Crippen LogP contribution >= 0.6 is 0 Å². The highest BCUT2D eigenvalue weighted by atomic mass is 16.4. The summed E-state index contributed by atoms with van der Waals surface area (Å²) in [6, 6.07) is 14.0. The minimum Gasteiger partial charge on any atom is -0.476 e. The van der Waals surface area contributed by atoms with Crippen LogP contribution in [-0.2, 0) is 6.54 Å². The van der Waals surface area contributed by atoms with Gasteiger partial charge in [0, 0.05) is 11.1 Å². The fourth-order valence-corrected chi connectivity index (χ4v) is 3.03. The van der Waals surface area contributed by atoms with Crippen molar-refractivity contribution >= 4 is 34.3 Å². The molecule has 10 heteroatoms. The van der Waals surface area contributed by atoms with E-state index in [4.69, 9.17) is 5.73 Å². The van der Waals surface area contributed by atoms with E-state index in [9.17, 15) is 14.7 Å². The number of aromatic carboxylic acids is 1. The van der Waals surface area contributed by atoms with E-state index in [0.717, 1.165) is 15.9 Å². The lowest BCUT2D eigenvalue weighted by atomic mass is 10.1. The molecule has 0 bridgehead atoms. The number of rotatable bonds is 5. The largest absolute Gasteiger partial charge is 0.476 e. The number of aryl methyl sites for hydroxylation is 1. The number of anilines is 3. The molecule has 30 heavy (non-hydrogen) atoms. The normalized spacial score (nSPS) is 10.8. The second-order valence-electron chi connectivity index (χ2n) is 6.54. The van der Waals surface area contributed by atoms with Crippen LogP contribution in [0.2, 0.25) is 0 Å². The molecule has 0 saturated carbocycles. The molecule has 10 nitrogen and oxygen atoms in total. The van der Waals surface area contributed by atoms with E-state index in [1.807, 2.05) is 31.2 Å². The minimum atomic E-state index is -1.24. The topological polar surface area (TPSA) is 149 Å². The van der Waals surface area contributed by atoms with Crippen LogP contribution in [-0.4, -0.2) is 35.8 Å². The molecule has 4 aromatic rings. The molecule has 2 heterocycles. The Morgan fingerprint density at radius 2 is 1.77 bits per heavy atom. The summed E-state index contributed by atoms with van der Waals surface area (Å²) >= 11 is 0.